The Morgan fingerprint density at radius 2 is 1.24 bits per heavy atom. The van der Waals surface area contributed by atoms with Crippen molar-refractivity contribution < 1.29 is 28.1 Å². The van der Waals surface area contributed by atoms with Crippen LogP contribution < -0.4 is 18.6 Å². The first kappa shape index (κ1) is 28.7. The van der Waals surface area contributed by atoms with Crippen LogP contribution in [-0.2, 0) is 35.5 Å². The molecule has 4 aliphatic rings. The molecule has 0 bridgehead atoms. The molecular formula is C39H35N6O4+. The predicted molar refractivity (Wildman–Crippen MR) is 176 cm³/mol. The molecule has 2 unspecified atom stereocenters. The smallest absolute Gasteiger partial charge is 0.304 e. The van der Waals surface area contributed by atoms with Crippen molar-refractivity contribution in [3.63, 3.8) is 0 Å². The highest BCUT2D eigenvalue weighted by Gasteiger charge is 2.44. The van der Waals surface area contributed by atoms with Gasteiger partial charge in [0.05, 0.1) is 13.2 Å². The van der Waals surface area contributed by atoms with E-state index in [-0.39, 0.29) is 24.3 Å². The number of nitrogens with zero attached hydrogens (tertiary/aromatic N) is 6. The fourth-order valence-corrected chi connectivity index (χ4v) is 7.85. The van der Waals surface area contributed by atoms with Crippen molar-refractivity contribution in [2.45, 2.75) is 56.8 Å². The van der Waals surface area contributed by atoms with Gasteiger partial charge in [-0.05, 0) is 46.5 Å². The quantitative estimate of drug-likeness (QED) is 0.138. The number of rotatable bonds is 8. The summed E-state index contributed by atoms with van der Waals surface area (Å²) in [7, 11) is 0. The van der Waals surface area contributed by atoms with Crippen LogP contribution in [0.25, 0.3) is 11.4 Å². The summed E-state index contributed by atoms with van der Waals surface area (Å²) in [6.07, 6.45) is 7.10. The fraction of sp³-hybridized carbons (Fsp3) is 0.282. The zero-order valence-corrected chi connectivity index (χ0v) is 26.9. The average molecular weight is 652 g/mol. The number of fused-ring (bicyclic) bond motifs is 10. The van der Waals surface area contributed by atoms with E-state index in [2.05, 4.69) is 76.4 Å². The number of ether oxygens (including phenoxy) is 4. The maximum atomic E-state index is 6.19. The van der Waals surface area contributed by atoms with Gasteiger partial charge in [0, 0.05) is 40.9 Å². The third kappa shape index (κ3) is 5.01. The van der Waals surface area contributed by atoms with Crippen LogP contribution in [0.1, 0.15) is 52.4 Å². The maximum Gasteiger partial charge on any atom is 0.304 e. The first-order valence-corrected chi connectivity index (χ1v) is 17.0. The molecule has 0 radical (unpaired) electrons. The molecule has 6 aromatic rings. The normalized spacial score (nSPS) is 21.2. The summed E-state index contributed by atoms with van der Waals surface area (Å²) in [5.41, 5.74) is 7.21. The van der Waals surface area contributed by atoms with E-state index in [9.17, 15) is 0 Å². The minimum Gasteiger partial charge on any atom is -0.551 e. The van der Waals surface area contributed by atoms with Crippen molar-refractivity contribution in [1.82, 2.24) is 19.6 Å². The zero-order valence-electron chi connectivity index (χ0n) is 26.9. The lowest BCUT2D eigenvalue weighted by atomic mass is 10.1. The van der Waals surface area contributed by atoms with E-state index in [4.69, 9.17) is 29.1 Å². The molecule has 0 spiro atoms. The molecule has 4 atom stereocenters. The summed E-state index contributed by atoms with van der Waals surface area (Å²) in [4.78, 5) is 0. The summed E-state index contributed by atoms with van der Waals surface area (Å²) >= 11 is 0. The molecule has 10 heteroatoms. The average Bonchev–Trinajstić information content (AvgIpc) is 3.93. The lowest BCUT2D eigenvalue weighted by Gasteiger charge is -2.23. The van der Waals surface area contributed by atoms with Gasteiger partial charge in [-0.1, -0.05) is 53.2 Å². The molecule has 0 fully saturated rings. The minimum absolute atomic E-state index is 0.150. The van der Waals surface area contributed by atoms with E-state index in [1.54, 1.807) is 0 Å². The van der Waals surface area contributed by atoms with Crippen LogP contribution in [0.4, 0.5) is 0 Å². The highest BCUT2D eigenvalue weighted by atomic mass is 16.5. The summed E-state index contributed by atoms with van der Waals surface area (Å²) in [6, 6.07) is 34.8. The van der Waals surface area contributed by atoms with Gasteiger partial charge in [-0.3, -0.25) is 0 Å². The number of aromatic nitrogens is 6. The van der Waals surface area contributed by atoms with Gasteiger partial charge in [0.2, 0.25) is 12.7 Å². The van der Waals surface area contributed by atoms with E-state index >= 15 is 0 Å². The highest BCUT2D eigenvalue weighted by Crippen LogP contribution is 2.37. The molecule has 0 N–H and O–H groups in total. The van der Waals surface area contributed by atoms with Crippen molar-refractivity contribution >= 4 is 0 Å². The maximum absolute atomic E-state index is 6.19. The molecule has 2 aliphatic carbocycles. The topological polar surface area (TPSA) is 80.3 Å². The molecule has 10 nitrogen and oxygen atoms in total. The largest absolute Gasteiger partial charge is 0.551 e. The minimum atomic E-state index is 0.150. The lowest BCUT2D eigenvalue weighted by Crippen LogP contribution is -2.51. The molecule has 2 aliphatic heterocycles. The Labute approximate surface area is 283 Å². The Morgan fingerprint density at radius 3 is 1.88 bits per heavy atom. The van der Waals surface area contributed by atoms with Crippen LogP contribution in [0.3, 0.4) is 0 Å². The summed E-state index contributed by atoms with van der Waals surface area (Å²) in [5.74, 6) is 3.44. The van der Waals surface area contributed by atoms with Gasteiger partial charge < -0.3 is 18.9 Å². The SMILES string of the molecule is [c-]1cc(OCCCOc2ccc(-n3c[n+]4c(n3)CO[C@@H]3Cc5ccccc5C34)cc2)ccc1-n1c[n+]2c(n1)CO[C@@H]1Cc3ccccc3C12. The molecule has 49 heavy (non-hydrogen) atoms. The van der Waals surface area contributed by atoms with E-state index in [0.717, 1.165) is 53.8 Å². The first-order valence-electron chi connectivity index (χ1n) is 17.0. The van der Waals surface area contributed by atoms with Gasteiger partial charge in [-0.2, -0.15) is 0 Å². The Morgan fingerprint density at radius 1 is 0.673 bits per heavy atom. The fourth-order valence-electron chi connectivity index (χ4n) is 7.85. The second-order valence-corrected chi connectivity index (χ2v) is 13.1. The van der Waals surface area contributed by atoms with Crippen molar-refractivity contribution in [3.05, 3.63) is 144 Å². The van der Waals surface area contributed by atoms with Crippen molar-refractivity contribution in [3.8, 4) is 22.9 Å². The third-order valence-corrected chi connectivity index (χ3v) is 10.2. The predicted octanol–water partition coefficient (Wildman–Crippen LogP) is 4.37. The molecule has 0 amide bonds. The second-order valence-electron chi connectivity index (χ2n) is 13.1. The Hall–Kier alpha value is -5.32. The lowest BCUT2D eigenvalue weighted by molar-refractivity contribution is -0.739. The monoisotopic (exact) mass is 651 g/mol. The van der Waals surface area contributed by atoms with E-state index in [0.29, 0.717) is 26.4 Å². The van der Waals surface area contributed by atoms with Crippen LogP contribution in [0.2, 0.25) is 0 Å². The Bertz CT molecular complexity index is 2000. The third-order valence-electron chi connectivity index (χ3n) is 10.2. The standard InChI is InChI=1S/C39H35N6O4/c1-3-8-32-26(6-1)20-34-38(32)42-24-44(40-36(42)22-48-34)28-10-14-30(15-11-28)46-18-5-19-47-31-16-12-29(13-17-31)45-25-43-37(41-45)23-49-35-21-27-7-2-4-9-33(27)39(35)43/h1-4,6-12,14-17,24-25,34-35,38-39H,5,18-23H2/q+1/t34-,35-,38?,39?/m1/s1. The van der Waals surface area contributed by atoms with Crippen LogP contribution >= 0.6 is 0 Å². The van der Waals surface area contributed by atoms with E-state index in [1.165, 1.54) is 22.3 Å². The van der Waals surface area contributed by atoms with Gasteiger partial charge in [-0.15, -0.1) is 28.9 Å². The summed E-state index contributed by atoms with van der Waals surface area (Å²) in [5, 5.41) is 9.65. The van der Waals surface area contributed by atoms with Crippen LogP contribution in [-0.4, -0.2) is 45.0 Å². The second kappa shape index (κ2) is 11.7. The van der Waals surface area contributed by atoms with Gasteiger partial charge >= 0.3 is 11.6 Å². The van der Waals surface area contributed by atoms with Crippen molar-refractivity contribution in [2.75, 3.05) is 13.2 Å². The van der Waals surface area contributed by atoms with E-state index < -0.39 is 0 Å². The van der Waals surface area contributed by atoms with Crippen LogP contribution in [0, 0.1) is 6.07 Å². The molecular weight excluding hydrogens is 616 g/mol. The summed E-state index contributed by atoms with van der Waals surface area (Å²) in [6.45, 7) is 2.12. The Balaban J connectivity index is 0.729. The Kier molecular flexibility index (Phi) is 6.83. The molecule has 0 saturated carbocycles. The van der Waals surface area contributed by atoms with Crippen molar-refractivity contribution in [2.24, 2.45) is 0 Å². The molecule has 0 saturated heterocycles. The number of hydrogen-bond donors (Lipinski definition) is 0. The van der Waals surface area contributed by atoms with Crippen molar-refractivity contribution in [1.29, 1.82) is 0 Å². The van der Waals surface area contributed by atoms with Gasteiger partial charge in [-0.25, -0.2) is 9.13 Å². The van der Waals surface area contributed by atoms with Gasteiger partial charge in [0.15, 0.2) is 0 Å². The first-order chi connectivity index (χ1) is 24.2. The number of hydrogen-bond acceptors (Lipinski definition) is 6. The highest BCUT2D eigenvalue weighted by molar-refractivity contribution is 5.39. The molecule has 4 heterocycles. The zero-order chi connectivity index (χ0) is 32.3. The van der Waals surface area contributed by atoms with E-state index in [1.807, 2.05) is 51.8 Å². The van der Waals surface area contributed by atoms with Crippen LogP contribution in [0.15, 0.2) is 104 Å². The van der Waals surface area contributed by atoms with Gasteiger partial charge in [0.1, 0.15) is 48.9 Å². The molecule has 4 aromatic carbocycles. The summed E-state index contributed by atoms with van der Waals surface area (Å²) < 4.78 is 32.7. The van der Waals surface area contributed by atoms with Gasteiger partial charge in [0.25, 0.3) is 0 Å². The number of benzene rings is 4. The molecule has 10 rings (SSSR count). The molecule has 244 valence electrons. The molecule has 2 aromatic heterocycles. The van der Waals surface area contributed by atoms with Crippen LogP contribution in [0.5, 0.6) is 11.5 Å².